The Balaban J connectivity index is 3.52. The summed E-state index contributed by atoms with van der Waals surface area (Å²) < 4.78 is 29.9. The van der Waals surface area contributed by atoms with Crippen LogP contribution in [0.15, 0.2) is 17.0 Å². The molecule has 0 unspecified atom stereocenters. The monoisotopic (exact) mass is 233 g/mol. The Morgan fingerprint density at radius 2 is 1.73 bits per heavy atom. The second-order valence-electron chi connectivity index (χ2n) is 2.68. The van der Waals surface area contributed by atoms with Crippen LogP contribution in [0.2, 0.25) is 0 Å². The van der Waals surface area contributed by atoms with E-state index in [0.29, 0.717) is 12.1 Å². The van der Waals surface area contributed by atoms with Gasteiger partial charge in [0.1, 0.15) is 16.4 Å². The molecule has 0 radical (unpaired) electrons. The number of primary amides is 1. The molecular weight excluding hydrogens is 226 g/mol. The highest BCUT2D eigenvalue weighted by molar-refractivity contribution is 7.86. The number of hydrogen-bond donors (Lipinski definition) is 4. The number of benzene rings is 1. The zero-order chi connectivity index (χ0) is 11.8. The van der Waals surface area contributed by atoms with Crippen molar-refractivity contribution in [3.05, 3.63) is 17.7 Å². The molecule has 0 saturated heterocycles. The number of amides is 1. The highest BCUT2D eigenvalue weighted by atomic mass is 32.2. The van der Waals surface area contributed by atoms with Crippen LogP contribution < -0.4 is 5.73 Å². The number of aromatic hydroxyl groups is 2. The van der Waals surface area contributed by atoms with Crippen molar-refractivity contribution >= 4 is 16.0 Å². The van der Waals surface area contributed by atoms with Crippen LogP contribution >= 0.6 is 0 Å². The second kappa shape index (κ2) is 3.41. The van der Waals surface area contributed by atoms with E-state index in [1.54, 1.807) is 0 Å². The molecule has 0 aliphatic heterocycles. The van der Waals surface area contributed by atoms with Crippen LogP contribution in [0.1, 0.15) is 10.4 Å². The fourth-order valence-electron chi connectivity index (χ4n) is 0.962. The maximum Gasteiger partial charge on any atom is 0.298 e. The lowest BCUT2D eigenvalue weighted by atomic mass is 10.2. The molecule has 0 aliphatic rings. The maximum atomic E-state index is 10.7. The third-order valence-corrected chi connectivity index (χ3v) is 2.50. The van der Waals surface area contributed by atoms with Gasteiger partial charge in [0.15, 0.2) is 0 Å². The van der Waals surface area contributed by atoms with Gasteiger partial charge in [-0.1, -0.05) is 0 Å². The van der Waals surface area contributed by atoms with E-state index in [1.807, 2.05) is 0 Å². The summed E-state index contributed by atoms with van der Waals surface area (Å²) in [5.41, 5.74) is 4.38. The van der Waals surface area contributed by atoms with Crippen molar-refractivity contribution in [1.82, 2.24) is 0 Å². The first kappa shape index (κ1) is 11.3. The van der Waals surface area contributed by atoms with Crippen molar-refractivity contribution in [2.75, 3.05) is 0 Å². The second-order valence-corrected chi connectivity index (χ2v) is 4.07. The summed E-state index contributed by atoms with van der Waals surface area (Å²) in [7, 11) is -4.66. The van der Waals surface area contributed by atoms with Gasteiger partial charge in [-0.2, -0.15) is 8.42 Å². The van der Waals surface area contributed by atoms with Crippen LogP contribution in [-0.4, -0.2) is 29.1 Å². The quantitative estimate of drug-likeness (QED) is 0.399. The van der Waals surface area contributed by atoms with Crippen molar-refractivity contribution in [2.24, 2.45) is 5.73 Å². The van der Waals surface area contributed by atoms with E-state index in [1.165, 1.54) is 0 Å². The van der Waals surface area contributed by atoms with Crippen molar-refractivity contribution in [3.8, 4) is 11.5 Å². The summed E-state index contributed by atoms with van der Waals surface area (Å²) >= 11 is 0. The Morgan fingerprint density at radius 1 is 1.20 bits per heavy atom. The van der Waals surface area contributed by atoms with Gasteiger partial charge in [-0.05, 0) is 6.07 Å². The van der Waals surface area contributed by atoms with Crippen molar-refractivity contribution in [1.29, 1.82) is 0 Å². The lowest BCUT2D eigenvalue weighted by Gasteiger charge is -2.05. The predicted molar refractivity (Wildman–Crippen MR) is 48.1 cm³/mol. The minimum Gasteiger partial charge on any atom is -0.507 e. The highest BCUT2D eigenvalue weighted by Crippen LogP contribution is 2.29. The Morgan fingerprint density at radius 3 is 2.13 bits per heavy atom. The van der Waals surface area contributed by atoms with Crippen molar-refractivity contribution < 1.29 is 28.0 Å². The molecule has 7 nitrogen and oxygen atoms in total. The van der Waals surface area contributed by atoms with Crippen LogP contribution in [0.25, 0.3) is 0 Å². The van der Waals surface area contributed by atoms with Gasteiger partial charge in [0, 0.05) is 6.07 Å². The van der Waals surface area contributed by atoms with Crippen LogP contribution in [0.3, 0.4) is 0 Å². The van der Waals surface area contributed by atoms with E-state index in [2.05, 4.69) is 0 Å². The molecule has 0 saturated carbocycles. The molecule has 1 rings (SSSR count). The minimum absolute atomic E-state index is 0.445. The Hall–Kier alpha value is -1.80. The zero-order valence-electron chi connectivity index (χ0n) is 7.21. The van der Waals surface area contributed by atoms with Crippen molar-refractivity contribution in [2.45, 2.75) is 4.90 Å². The van der Waals surface area contributed by atoms with Crippen LogP contribution in [0.5, 0.6) is 11.5 Å². The van der Waals surface area contributed by atoms with E-state index < -0.39 is 38.0 Å². The van der Waals surface area contributed by atoms with E-state index in [0.717, 1.165) is 0 Å². The first-order chi connectivity index (χ1) is 6.73. The lowest BCUT2D eigenvalue weighted by molar-refractivity contribution is 0.0997. The third kappa shape index (κ3) is 2.17. The summed E-state index contributed by atoms with van der Waals surface area (Å²) in [5, 5.41) is 18.3. The Labute approximate surface area is 84.5 Å². The lowest BCUT2D eigenvalue weighted by Crippen LogP contribution is -2.11. The summed E-state index contributed by atoms with van der Waals surface area (Å²) in [5.74, 6) is -2.65. The first-order valence-electron chi connectivity index (χ1n) is 3.56. The molecule has 82 valence electrons. The number of phenolic OH excluding ortho intramolecular Hbond substituents is 1. The van der Waals surface area contributed by atoms with E-state index in [-0.39, 0.29) is 0 Å². The number of carbonyl (C=O) groups is 1. The summed E-state index contributed by atoms with van der Waals surface area (Å²) in [4.78, 5) is 9.78. The van der Waals surface area contributed by atoms with Gasteiger partial charge in [0.2, 0.25) is 0 Å². The molecule has 0 aliphatic carbocycles. The molecule has 15 heavy (non-hydrogen) atoms. The predicted octanol–water partition coefficient (Wildman–Crippen LogP) is -0.557. The van der Waals surface area contributed by atoms with Crippen LogP contribution in [0.4, 0.5) is 0 Å². The normalized spacial score (nSPS) is 11.3. The number of carbonyl (C=O) groups excluding carboxylic acids is 1. The number of nitrogens with two attached hydrogens (primary N) is 1. The molecule has 8 heteroatoms. The Bertz CT molecular complexity index is 521. The van der Waals surface area contributed by atoms with Crippen LogP contribution in [-0.2, 0) is 10.1 Å². The highest BCUT2D eigenvalue weighted by Gasteiger charge is 2.20. The fourth-order valence-corrected chi connectivity index (χ4v) is 1.55. The molecule has 0 atom stereocenters. The molecule has 0 heterocycles. The van der Waals surface area contributed by atoms with Gasteiger partial charge >= 0.3 is 0 Å². The smallest absolute Gasteiger partial charge is 0.298 e. The molecule has 0 spiro atoms. The molecule has 0 bridgehead atoms. The van der Waals surface area contributed by atoms with Crippen LogP contribution in [0, 0.1) is 0 Å². The SMILES string of the molecule is NC(=O)c1cc(O)c(S(=O)(=O)O)cc1O. The summed E-state index contributed by atoms with van der Waals surface area (Å²) in [6, 6.07) is 1.19. The average Bonchev–Trinajstić information content (AvgIpc) is 2.06. The molecule has 1 aromatic carbocycles. The molecule has 0 aromatic heterocycles. The van der Waals surface area contributed by atoms with E-state index in [9.17, 15) is 13.2 Å². The van der Waals surface area contributed by atoms with Gasteiger partial charge < -0.3 is 15.9 Å². The van der Waals surface area contributed by atoms with Gasteiger partial charge in [-0.3, -0.25) is 9.35 Å². The van der Waals surface area contributed by atoms with Crippen molar-refractivity contribution in [3.63, 3.8) is 0 Å². The third-order valence-electron chi connectivity index (χ3n) is 1.62. The van der Waals surface area contributed by atoms with Gasteiger partial charge in [-0.15, -0.1) is 0 Å². The van der Waals surface area contributed by atoms with Gasteiger partial charge in [0.25, 0.3) is 16.0 Å². The van der Waals surface area contributed by atoms with E-state index >= 15 is 0 Å². The standard InChI is InChI=1S/C7H7NO6S/c8-7(11)3-1-5(10)6(2-4(3)9)15(12,13)14/h1-2,9-10H,(H2,8,11)(H,12,13,14). The average molecular weight is 233 g/mol. The molecule has 0 fully saturated rings. The zero-order valence-corrected chi connectivity index (χ0v) is 8.02. The van der Waals surface area contributed by atoms with Gasteiger partial charge in [-0.25, -0.2) is 0 Å². The van der Waals surface area contributed by atoms with Gasteiger partial charge in [0.05, 0.1) is 5.56 Å². The topological polar surface area (TPSA) is 138 Å². The molecular formula is C7H7NO6S. The maximum absolute atomic E-state index is 10.7. The first-order valence-corrected chi connectivity index (χ1v) is 5.00. The van der Waals surface area contributed by atoms with E-state index in [4.69, 9.17) is 20.5 Å². The largest absolute Gasteiger partial charge is 0.507 e. The molecule has 1 amide bonds. The number of rotatable bonds is 2. The molecule has 1 aromatic rings. The summed E-state index contributed by atoms with van der Waals surface area (Å²) in [6.07, 6.45) is 0. The minimum atomic E-state index is -4.66. The fraction of sp³-hybridized carbons (Fsp3) is 0. The summed E-state index contributed by atoms with van der Waals surface area (Å²) in [6.45, 7) is 0. The molecule has 5 N–H and O–H groups in total. The number of hydrogen-bond acceptors (Lipinski definition) is 5. The number of phenols is 2. The Kier molecular flexibility index (Phi) is 2.56.